The molecule has 2 aromatic carbocycles. The fraction of sp³-hybridized carbons (Fsp3) is 0.133. The molecular formula is C15H14O2. The summed E-state index contributed by atoms with van der Waals surface area (Å²) in [6.45, 7) is 3.94. The predicted octanol–water partition coefficient (Wildman–Crippen LogP) is 3.67. The Morgan fingerprint density at radius 2 is 1.76 bits per heavy atom. The molecule has 0 radical (unpaired) electrons. The Bertz CT molecular complexity index is 571. The quantitative estimate of drug-likeness (QED) is 0.848. The standard InChI is InChI=1S/C15H14O2/c1-10-7-12(9-13(8-10)15(16)17)14-6-4-3-5-11(14)2/h3-9H,1-2H3,(H,16,17). The topological polar surface area (TPSA) is 37.3 Å². The van der Waals surface area contributed by atoms with Gasteiger partial charge in [-0.25, -0.2) is 4.79 Å². The molecule has 0 aliphatic heterocycles. The Hall–Kier alpha value is -2.09. The van der Waals surface area contributed by atoms with Crippen molar-refractivity contribution in [2.45, 2.75) is 13.8 Å². The van der Waals surface area contributed by atoms with Crippen molar-refractivity contribution in [2.75, 3.05) is 0 Å². The van der Waals surface area contributed by atoms with Crippen LogP contribution in [0.25, 0.3) is 11.1 Å². The van der Waals surface area contributed by atoms with Gasteiger partial charge in [-0.2, -0.15) is 0 Å². The lowest BCUT2D eigenvalue weighted by molar-refractivity contribution is 0.0697. The Morgan fingerprint density at radius 1 is 1.06 bits per heavy atom. The third-order valence-electron chi connectivity index (χ3n) is 2.78. The van der Waals surface area contributed by atoms with E-state index in [0.29, 0.717) is 5.56 Å². The molecule has 2 rings (SSSR count). The van der Waals surface area contributed by atoms with E-state index >= 15 is 0 Å². The number of rotatable bonds is 2. The van der Waals surface area contributed by atoms with Crippen molar-refractivity contribution in [3.05, 3.63) is 59.2 Å². The van der Waals surface area contributed by atoms with Gasteiger partial charge in [0, 0.05) is 0 Å². The minimum Gasteiger partial charge on any atom is -0.478 e. The minimum absolute atomic E-state index is 0.336. The molecule has 0 aromatic heterocycles. The van der Waals surface area contributed by atoms with E-state index in [1.165, 1.54) is 0 Å². The highest BCUT2D eigenvalue weighted by atomic mass is 16.4. The lowest BCUT2D eigenvalue weighted by Gasteiger charge is -2.08. The van der Waals surface area contributed by atoms with E-state index in [1.54, 1.807) is 12.1 Å². The van der Waals surface area contributed by atoms with Gasteiger partial charge in [-0.15, -0.1) is 0 Å². The Balaban J connectivity index is 2.60. The maximum Gasteiger partial charge on any atom is 0.335 e. The summed E-state index contributed by atoms with van der Waals surface area (Å²) in [5.74, 6) is -0.886. The van der Waals surface area contributed by atoms with E-state index < -0.39 is 5.97 Å². The van der Waals surface area contributed by atoms with Gasteiger partial charge in [-0.05, 0) is 48.2 Å². The average Bonchev–Trinajstić information content (AvgIpc) is 2.28. The highest BCUT2D eigenvalue weighted by molar-refractivity contribution is 5.90. The van der Waals surface area contributed by atoms with Crippen LogP contribution in [-0.4, -0.2) is 11.1 Å². The molecule has 1 N–H and O–H groups in total. The third-order valence-corrected chi connectivity index (χ3v) is 2.78. The number of aryl methyl sites for hydroxylation is 2. The first kappa shape index (κ1) is 11.4. The van der Waals surface area contributed by atoms with E-state index in [0.717, 1.165) is 22.3 Å². The number of aromatic carboxylic acids is 1. The summed E-state index contributed by atoms with van der Waals surface area (Å²) in [6.07, 6.45) is 0. The van der Waals surface area contributed by atoms with Crippen LogP contribution < -0.4 is 0 Å². The van der Waals surface area contributed by atoms with Crippen LogP contribution in [0, 0.1) is 13.8 Å². The molecule has 2 nitrogen and oxygen atoms in total. The highest BCUT2D eigenvalue weighted by Crippen LogP contribution is 2.25. The second kappa shape index (κ2) is 4.42. The molecule has 0 spiro atoms. The number of benzene rings is 2. The molecule has 0 aliphatic carbocycles. The molecule has 0 saturated heterocycles. The summed E-state index contributed by atoms with van der Waals surface area (Å²) >= 11 is 0. The minimum atomic E-state index is -0.886. The Labute approximate surface area is 101 Å². The summed E-state index contributed by atoms with van der Waals surface area (Å²) in [7, 11) is 0. The van der Waals surface area contributed by atoms with Crippen molar-refractivity contribution in [2.24, 2.45) is 0 Å². The molecule has 0 heterocycles. The smallest absolute Gasteiger partial charge is 0.335 e. The molecule has 0 bridgehead atoms. The van der Waals surface area contributed by atoms with E-state index in [2.05, 4.69) is 0 Å². The fourth-order valence-corrected chi connectivity index (χ4v) is 1.96. The van der Waals surface area contributed by atoms with Crippen molar-refractivity contribution in [1.29, 1.82) is 0 Å². The second-order valence-corrected chi connectivity index (χ2v) is 4.21. The van der Waals surface area contributed by atoms with Gasteiger partial charge in [0.1, 0.15) is 0 Å². The lowest BCUT2D eigenvalue weighted by Crippen LogP contribution is -1.97. The van der Waals surface area contributed by atoms with Gasteiger partial charge in [0.15, 0.2) is 0 Å². The summed E-state index contributed by atoms with van der Waals surface area (Å²) < 4.78 is 0. The zero-order valence-corrected chi connectivity index (χ0v) is 9.90. The van der Waals surface area contributed by atoms with Crippen LogP contribution in [0.1, 0.15) is 21.5 Å². The summed E-state index contributed by atoms with van der Waals surface area (Å²) in [4.78, 5) is 11.0. The van der Waals surface area contributed by atoms with Crippen LogP contribution in [0.15, 0.2) is 42.5 Å². The van der Waals surface area contributed by atoms with E-state index in [4.69, 9.17) is 5.11 Å². The average molecular weight is 226 g/mol. The summed E-state index contributed by atoms with van der Waals surface area (Å²) in [5, 5.41) is 9.05. The highest BCUT2D eigenvalue weighted by Gasteiger charge is 2.07. The monoisotopic (exact) mass is 226 g/mol. The molecule has 0 unspecified atom stereocenters. The maximum atomic E-state index is 11.0. The van der Waals surface area contributed by atoms with Gasteiger partial charge in [-0.3, -0.25) is 0 Å². The van der Waals surface area contributed by atoms with Gasteiger partial charge < -0.3 is 5.11 Å². The van der Waals surface area contributed by atoms with Crippen molar-refractivity contribution in [3.63, 3.8) is 0 Å². The summed E-state index contributed by atoms with van der Waals surface area (Å²) in [5.41, 5.74) is 4.49. The van der Waals surface area contributed by atoms with Gasteiger partial charge >= 0.3 is 5.97 Å². The van der Waals surface area contributed by atoms with Gasteiger partial charge in [0.2, 0.25) is 0 Å². The fourth-order valence-electron chi connectivity index (χ4n) is 1.96. The van der Waals surface area contributed by atoms with Crippen LogP contribution >= 0.6 is 0 Å². The van der Waals surface area contributed by atoms with Crippen LogP contribution in [0.2, 0.25) is 0 Å². The molecule has 2 aromatic rings. The summed E-state index contributed by atoms with van der Waals surface area (Å²) in [6, 6.07) is 13.4. The molecule has 0 aliphatic rings. The normalized spacial score (nSPS) is 10.2. The lowest BCUT2D eigenvalue weighted by atomic mass is 9.97. The number of carboxylic acids is 1. The van der Waals surface area contributed by atoms with Gasteiger partial charge in [0.25, 0.3) is 0 Å². The van der Waals surface area contributed by atoms with Crippen molar-refractivity contribution in [1.82, 2.24) is 0 Å². The van der Waals surface area contributed by atoms with Gasteiger partial charge in [0.05, 0.1) is 5.56 Å². The van der Waals surface area contributed by atoms with E-state index in [9.17, 15) is 4.79 Å². The zero-order chi connectivity index (χ0) is 12.4. The van der Waals surface area contributed by atoms with E-state index in [1.807, 2.05) is 44.2 Å². The first-order valence-corrected chi connectivity index (χ1v) is 5.49. The molecule has 0 fully saturated rings. The molecule has 0 atom stereocenters. The van der Waals surface area contributed by atoms with Gasteiger partial charge in [-0.1, -0.05) is 30.3 Å². The number of carboxylic acid groups (broad SMARTS) is 1. The molecule has 86 valence electrons. The van der Waals surface area contributed by atoms with Crippen molar-refractivity contribution in [3.8, 4) is 11.1 Å². The second-order valence-electron chi connectivity index (χ2n) is 4.21. The molecule has 0 saturated carbocycles. The Kier molecular flexibility index (Phi) is 2.96. The van der Waals surface area contributed by atoms with E-state index in [-0.39, 0.29) is 0 Å². The first-order valence-electron chi connectivity index (χ1n) is 5.49. The SMILES string of the molecule is Cc1cc(C(=O)O)cc(-c2ccccc2C)c1. The number of hydrogen-bond acceptors (Lipinski definition) is 1. The van der Waals surface area contributed by atoms with Crippen molar-refractivity contribution < 1.29 is 9.90 Å². The van der Waals surface area contributed by atoms with Crippen LogP contribution in [0.3, 0.4) is 0 Å². The molecular weight excluding hydrogens is 212 g/mol. The maximum absolute atomic E-state index is 11.0. The largest absolute Gasteiger partial charge is 0.478 e. The van der Waals surface area contributed by atoms with Crippen molar-refractivity contribution >= 4 is 5.97 Å². The predicted molar refractivity (Wildman–Crippen MR) is 68.3 cm³/mol. The zero-order valence-electron chi connectivity index (χ0n) is 9.90. The molecule has 17 heavy (non-hydrogen) atoms. The number of carbonyl (C=O) groups is 1. The molecule has 2 heteroatoms. The first-order chi connectivity index (χ1) is 8.08. The third kappa shape index (κ3) is 2.36. The van der Waals surface area contributed by atoms with Crippen LogP contribution in [0.4, 0.5) is 0 Å². The number of hydrogen-bond donors (Lipinski definition) is 1. The molecule has 0 amide bonds. The van der Waals surface area contributed by atoms with Crippen LogP contribution in [-0.2, 0) is 0 Å². The Morgan fingerprint density at radius 3 is 2.41 bits per heavy atom. The van der Waals surface area contributed by atoms with Crippen LogP contribution in [0.5, 0.6) is 0 Å².